The fourth-order valence-electron chi connectivity index (χ4n) is 1.86. The van der Waals surface area contributed by atoms with Crippen LogP contribution in [-0.4, -0.2) is 15.9 Å². The van der Waals surface area contributed by atoms with Crippen LogP contribution in [0.4, 0.5) is 5.13 Å². The van der Waals surface area contributed by atoms with Crippen LogP contribution in [0.1, 0.15) is 43.3 Å². The van der Waals surface area contributed by atoms with E-state index in [4.69, 9.17) is 0 Å². The Balaban J connectivity index is 1.62. The molecule has 2 aromatic rings. The minimum Gasteiger partial charge on any atom is -0.359 e. The second-order valence-electron chi connectivity index (χ2n) is 5.45. The maximum absolute atomic E-state index is 4.56. The minimum absolute atomic E-state index is 0.138. The van der Waals surface area contributed by atoms with Gasteiger partial charge in [0.15, 0.2) is 0 Å². The number of nitrogens with one attached hydrogen (secondary N) is 1. The number of rotatable bonds is 5. The largest absolute Gasteiger partial charge is 0.359 e. The van der Waals surface area contributed by atoms with Crippen LogP contribution < -0.4 is 5.32 Å². The standard InChI is InChI=1S/C13H17N3S2/c1-13(2,10-4-3-7-17-10)8-14-12-15-11(16-18-12)9-5-6-9/h3-4,7,9H,5-6,8H2,1-2H3,(H,14,15,16). The highest BCUT2D eigenvalue weighted by Gasteiger charge is 2.28. The molecule has 0 bridgehead atoms. The topological polar surface area (TPSA) is 37.8 Å². The number of aromatic nitrogens is 2. The van der Waals surface area contributed by atoms with Crippen molar-refractivity contribution in [3.05, 3.63) is 28.2 Å². The van der Waals surface area contributed by atoms with Crippen LogP contribution in [0, 0.1) is 0 Å². The van der Waals surface area contributed by atoms with Gasteiger partial charge in [-0.05, 0) is 24.3 Å². The van der Waals surface area contributed by atoms with E-state index in [1.54, 1.807) is 0 Å². The van der Waals surface area contributed by atoms with Gasteiger partial charge >= 0.3 is 0 Å². The second-order valence-corrected chi connectivity index (χ2v) is 7.15. The summed E-state index contributed by atoms with van der Waals surface area (Å²) >= 11 is 3.30. The zero-order valence-electron chi connectivity index (χ0n) is 10.6. The lowest BCUT2D eigenvalue weighted by Gasteiger charge is -2.23. The molecular formula is C13H17N3S2. The quantitative estimate of drug-likeness (QED) is 0.903. The molecule has 0 aromatic carbocycles. The molecule has 0 aliphatic heterocycles. The van der Waals surface area contributed by atoms with Crippen LogP contribution in [0.25, 0.3) is 0 Å². The molecule has 3 nitrogen and oxygen atoms in total. The van der Waals surface area contributed by atoms with Gasteiger partial charge in [-0.2, -0.15) is 4.37 Å². The summed E-state index contributed by atoms with van der Waals surface area (Å²) in [5, 5.41) is 6.52. The van der Waals surface area contributed by atoms with Gasteiger partial charge in [0, 0.05) is 34.3 Å². The zero-order chi connectivity index (χ0) is 12.6. The van der Waals surface area contributed by atoms with Crippen LogP contribution in [-0.2, 0) is 5.41 Å². The molecule has 3 rings (SSSR count). The predicted molar refractivity (Wildman–Crippen MR) is 77.7 cm³/mol. The summed E-state index contributed by atoms with van der Waals surface area (Å²) in [6.07, 6.45) is 2.52. The average molecular weight is 279 g/mol. The number of thiophene rings is 1. The number of anilines is 1. The fourth-order valence-corrected chi connectivity index (χ4v) is 3.35. The molecule has 0 radical (unpaired) electrons. The van der Waals surface area contributed by atoms with Crippen molar-refractivity contribution in [3.63, 3.8) is 0 Å². The Labute approximate surface area is 115 Å². The molecule has 1 N–H and O–H groups in total. The Morgan fingerprint density at radius 3 is 2.94 bits per heavy atom. The number of hydrogen-bond donors (Lipinski definition) is 1. The van der Waals surface area contributed by atoms with Crippen LogP contribution in [0.3, 0.4) is 0 Å². The zero-order valence-corrected chi connectivity index (χ0v) is 12.3. The first-order valence-corrected chi connectivity index (χ1v) is 7.92. The average Bonchev–Trinajstić information content (AvgIpc) is 2.88. The molecule has 1 aliphatic rings. The molecule has 0 atom stereocenters. The Bertz CT molecular complexity index is 512. The smallest absolute Gasteiger partial charge is 0.202 e. The molecule has 2 heterocycles. The monoisotopic (exact) mass is 279 g/mol. The van der Waals surface area contributed by atoms with Crippen molar-refractivity contribution < 1.29 is 0 Å². The van der Waals surface area contributed by atoms with Gasteiger partial charge in [0.05, 0.1) is 0 Å². The maximum atomic E-state index is 4.56. The predicted octanol–water partition coefficient (Wildman–Crippen LogP) is 3.87. The first-order valence-electron chi connectivity index (χ1n) is 6.26. The van der Waals surface area contributed by atoms with Gasteiger partial charge in [-0.3, -0.25) is 0 Å². The summed E-state index contributed by atoms with van der Waals surface area (Å²) < 4.78 is 4.41. The lowest BCUT2D eigenvalue weighted by atomic mass is 9.91. The van der Waals surface area contributed by atoms with Crippen molar-refractivity contribution in [2.24, 2.45) is 0 Å². The highest BCUT2D eigenvalue weighted by atomic mass is 32.1. The number of hydrogen-bond acceptors (Lipinski definition) is 5. The van der Waals surface area contributed by atoms with E-state index in [-0.39, 0.29) is 5.41 Å². The molecule has 0 amide bonds. The van der Waals surface area contributed by atoms with Gasteiger partial charge in [0.2, 0.25) is 5.13 Å². The van der Waals surface area contributed by atoms with Gasteiger partial charge in [-0.15, -0.1) is 11.3 Å². The van der Waals surface area contributed by atoms with Crippen LogP contribution in [0.5, 0.6) is 0 Å². The van der Waals surface area contributed by atoms with E-state index in [0.29, 0.717) is 5.92 Å². The molecule has 1 aliphatic carbocycles. The third-order valence-corrected chi connectivity index (χ3v) is 5.18. The van der Waals surface area contributed by atoms with Gasteiger partial charge in [0.1, 0.15) is 5.82 Å². The SMILES string of the molecule is CC(C)(CNc1nc(C2CC2)ns1)c1cccs1. The molecule has 96 valence electrons. The third kappa shape index (κ3) is 2.57. The van der Waals surface area contributed by atoms with Gasteiger partial charge in [-0.1, -0.05) is 19.9 Å². The van der Waals surface area contributed by atoms with Crippen molar-refractivity contribution >= 4 is 28.0 Å². The highest BCUT2D eigenvalue weighted by Crippen LogP contribution is 2.39. The Morgan fingerprint density at radius 2 is 2.28 bits per heavy atom. The minimum atomic E-state index is 0.138. The van der Waals surface area contributed by atoms with Crippen LogP contribution in [0.15, 0.2) is 17.5 Å². The Kier molecular flexibility index (Phi) is 3.11. The summed E-state index contributed by atoms with van der Waals surface area (Å²) in [5.74, 6) is 1.68. The summed E-state index contributed by atoms with van der Waals surface area (Å²) in [5.41, 5.74) is 0.138. The molecule has 5 heteroatoms. The van der Waals surface area contributed by atoms with E-state index in [1.165, 1.54) is 29.3 Å². The third-order valence-electron chi connectivity index (χ3n) is 3.25. The molecule has 1 saturated carbocycles. The summed E-state index contributed by atoms with van der Waals surface area (Å²) in [6.45, 7) is 5.41. The van der Waals surface area contributed by atoms with E-state index >= 15 is 0 Å². The first kappa shape index (κ1) is 12.1. The molecule has 18 heavy (non-hydrogen) atoms. The van der Waals surface area contributed by atoms with Crippen molar-refractivity contribution in [1.29, 1.82) is 0 Å². The summed E-state index contributed by atoms with van der Waals surface area (Å²) in [7, 11) is 0. The highest BCUT2D eigenvalue weighted by molar-refractivity contribution is 7.10. The van der Waals surface area contributed by atoms with E-state index in [9.17, 15) is 0 Å². The Morgan fingerprint density at radius 1 is 1.44 bits per heavy atom. The fraction of sp³-hybridized carbons (Fsp3) is 0.538. The summed E-state index contributed by atoms with van der Waals surface area (Å²) in [4.78, 5) is 5.96. The van der Waals surface area contributed by atoms with Gasteiger partial charge < -0.3 is 5.32 Å². The van der Waals surface area contributed by atoms with Crippen molar-refractivity contribution in [2.75, 3.05) is 11.9 Å². The van der Waals surface area contributed by atoms with Gasteiger partial charge in [-0.25, -0.2) is 4.98 Å². The van der Waals surface area contributed by atoms with Crippen molar-refractivity contribution in [3.8, 4) is 0 Å². The number of nitrogens with zero attached hydrogens (tertiary/aromatic N) is 2. The normalized spacial score (nSPS) is 15.9. The second kappa shape index (κ2) is 4.63. The lowest BCUT2D eigenvalue weighted by Crippen LogP contribution is -2.26. The van der Waals surface area contributed by atoms with E-state index < -0.39 is 0 Å². The van der Waals surface area contributed by atoms with E-state index in [0.717, 1.165) is 17.5 Å². The molecule has 2 aromatic heterocycles. The summed E-state index contributed by atoms with van der Waals surface area (Å²) in [6, 6.07) is 4.31. The first-order chi connectivity index (χ1) is 8.65. The van der Waals surface area contributed by atoms with E-state index in [1.807, 2.05) is 11.3 Å². The molecule has 0 spiro atoms. The van der Waals surface area contributed by atoms with Crippen LogP contribution >= 0.6 is 22.9 Å². The molecule has 0 saturated heterocycles. The molecule has 0 unspecified atom stereocenters. The van der Waals surface area contributed by atoms with Crippen molar-refractivity contribution in [1.82, 2.24) is 9.36 Å². The van der Waals surface area contributed by atoms with Gasteiger partial charge in [0.25, 0.3) is 0 Å². The molecule has 1 fully saturated rings. The Hall–Kier alpha value is -0.940. The van der Waals surface area contributed by atoms with Crippen LogP contribution in [0.2, 0.25) is 0 Å². The molecular weight excluding hydrogens is 262 g/mol. The van der Waals surface area contributed by atoms with E-state index in [2.05, 4.69) is 46.0 Å². The van der Waals surface area contributed by atoms with Crippen molar-refractivity contribution in [2.45, 2.75) is 38.0 Å². The lowest BCUT2D eigenvalue weighted by molar-refractivity contribution is 0.569. The maximum Gasteiger partial charge on any atom is 0.202 e.